The molecule has 0 aliphatic rings. The first kappa shape index (κ1) is 27.8. The summed E-state index contributed by atoms with van der Waals surface area (Å²) in [6.07, 6.45) is -0.102. The lowest BCUT2D eigenvalue weighted by molar-refractivity contribution is -0.136. The first-order valence-electron chi connectivity index (χ1n) is 12.3. The van der Waals surface area contributed by atoms with Crippen LogP contribution >= 0.6 is 11.3 Å². The molecular formula is C26H36N4O5S. The number of aryl methyl sites for hydroxylation is 3. The predicted octanol–water partition coefficient (Wildman–Crippen LogP) is 3.90. The van der Waals surface area contributed by atoms with Crippen LogP contribution in [-0.4, -0.2) is 70.1 Å². The minimum Gasteiger partial charge on any atom is -0.490 e. The van der Waals surface area contributed by atoms with Gasteiger partial charge in [0.25, 0.3) is 5.89 Å². The largest absolute Gasteiger partial charge is 0.490 e. The molecule has 1 atom stereocenters. The van der Waals surface area contributed by atoms with E-state index in [0.29, 0.717) is 17.5 Å². The molecule has 0 radical (unpaired) electrons. The minimum atomic E-state index is -0.971. The number of carboxylic acids is 1. The number of aliphatic hydroxyl groups is 1. The molecule has 2 aromatic heterocycles. The number of hydrogen-bond donors (Lipinski definition) is 3. The number of rotatable bonds is 14. The highest BCUT2D eigenvalue weighted by atomic mass is 32.1. The quantitative estimate of drug-likeness (QED) is 0.293. The van der Waals surface area contributed by atoms with Crippen LogP contribution in [0.3, 0.4) is 0 Å². The number of benzene rings is 1. The van der Waals surface area contributed by atoms with Gasteiger partial charge in [0, 0.05) is 23.5 Å². The van der Waals surface area contributed by atoms with E-state index >= 15 is 0 Å². The van der Waals surface area contributed by atoms with Gasteiger partial charge in [-0.3, -0.25) is 9.69 Å². The monoisotopic (exact) mass is 516 g/mol. The molecule has 0 amide bonds. The lowest BCUT2D eigenvalue weighted by atomic mass is 10.0. The van der Waals surface area contributed by atoms with Crippen LogP contribution < -0.4 is 10.1 Å². The molecule has 0 saturated heterocycles. The van der Waals surface area contributed by atoms with E-state index in [1.54, 1.807) is 11.3 Å². The van der Waals surface area contributed by atoms with Crippen molar-refractivity contribution in [3.63, 3.8) is 0 Å². The standard InChI is InChI=1S/C26H36N4O5S/c1-6-18-11-19(9-17(5)24(18)34-15-20(31)12-27-13-23(32)33)25-28-26(35-29-25)21-10-16(4)22(36-21)14-30(7-2)8-3/h9-11,20,27,31H,6-8,12-15H2,1-5H3,(H,32,33)/t20-/m0/s1. The third-order valence-electron chi connectivity index (χ3n) is 5.99. The van der Waals surface area contributed by atoms with Gasteiger partial charge < -0.3 is 24.8 Å². The Labute approximate surface area is 216 Å². The molecule has 10 heteroatoms. The summed E-state index contributed by atoms with van der Waals surface area (Å²) in [5.41, 5.74) is 3.94. The van der Waals surface area contributed by atoms with Gasteiger partial charge in [0.05, 0.1) is 11.4 Å². The average Bonchev–Trinajstić information content (AvgIpc) is 3.48. The van der Waals surface area contributed by atoms with Crippen molar-refractivity contribution in [2.24, 2.45) is 0 Å². The van der Waals surface area contributed by atoms with Crippen molar-refractivity contribution in [3.05, 3.63) is 39.8 Å². The fraction of sp³-hybridized carbons (Fsp3) is 0.500. The van der Waals surface area contributed by atoms with E-state index < -0.39 is 12.1 Å². The predicted molar refractivity (Wildman–Crippen MR) is 141 cm³/mol. The van der Waals surface area contributed by atoms with Crippen molar-refractivity contribution in [1.82, 2.24) is 20.4 Å². The zero-order valence-electron chi connectivity index (χ0n) is 21.6. The smallest absolute Gasteiger partial charge is 0.317 e. The summed E-state index contributed by atoms with van der Waals surface area (Å²) in [6, 6.07) is 6.04. The van der Waals surface area contributed by atoms with E-state index in [0.717, 1.165) is 47.6 Å². The Balaban J connectivity index is 1.74. The molecule has 36 heavy (non-hydrogen) atoms. The number of carboxylic acid groups (broad SMARTS) is 1. The van der Waals surface area contributed by atoms with Crippen molar-refractivity contribution in [1.29, 1.82) is 0 Å². The Morgan fingerprint density at radius 1 is 1.19 bits per heavy atom. The number of nitrogens with zero attached hydrogens (tertiary/aromatic N) is 3. The third-order valence-corrected chi connectivity index (χ3v) is 7.20. The molecule has 0 fully saturated rings. The number of aliphatic hydroxyl groups excluding tert-OH is 1. The molecule has 0 unspecified atom stereocenters. The molecular weight excluding hydrogens is 480 g/mol. The second-order valence-electron chi connectivity index (χ2n) is 8.73. The zero-order valence-corrected chi connectivity index (χ0v) is 22.4. The highest BCUT2D eigenvalue weighted by molar-refractivity contribution is 7.15. The maximum atomic E-state index is 10.6. The van der Waals surface area contributed by atoms with E-state index in [1.165, 1.54) is 10.4 Å². The Morgan fingerprint density at radius 2 is 1.94 bits per heavy atom. The van der Waals surface area contributed by atoms with E-state index in [9.17, 15) is 9.90 Å². The molecule has 0 saturated carbocycles. The minimum absolute atomic E-state index is 0.0553. The van der Waals surface area contributed by atoms with Crippen molar-refractivity contribution in [3.8, 4) is 27.9 Å². The summed E-state index contributed by atoms with van der Waals surface area (Å²) < 4.78 is 11.5. The lowest BCUT2D eigenvalue weighted by Gasteiger charge is -2.17. The molecule has 3 rings (SSSR count). The van der Waals surface area contributed by atoms with Gasteiger partial charge in [-0.2, -0.15) is 4.98 Å². The van der Waals surface area contributed by atoms with Gasteiger partial charge in [-0.25, -0.2) is 0 Å². The number of aliphatic carboxylic acids is 1. The number of hydrogen-bond acceptors (Lipinski definition) is 9. The summed E-state index contributed by atoms with van der Waals surface area (Å²) in [5.74, 6) is 0.763. The van der Waals surface area contributed by atoms with Gasteiger partial charge in [0.2, 0.25) is 5.82 Å². The molecule has 0 aliphatic carbocycles. The molecule has 3 aromatic rings. The van der Waals surface area contributed by atoms with E-state index in [4.69, 9.17) is 14.4 Å². The molecule has 1 aromatic carbocycles. The maximum absolute atomic E-state index is 10.6. The fourth-order valence-electron chi connectivity index (χ4n) is 3.90. The summed E-state index contributed by atoms with van der Waals surface area (Å²) in [6.45, 7) is 13.3. The number of thiophene rings is 1. The van der Waals surface area contributed by atoms with Crippen LogP contribution in [0, 0.1) is 13.8 Å². The van der Waals surface area contributed by atoms with E-state index in [1.807, 2.05) is 26.0 Å². The topological polar surface area (TPSA) is 121 Å². The van der Waals surface area contributed by atoms with Gasteiger partial charge in [-0.15, -0.1) is 11.3 Å². The molecule has 3 N–H and O–H groups in total. The highest BCUT2D eigenvalue weighted by Gasteiger charge is 2.18. The van der Waals surface area contributed by atoms with Crippen LogP contribution in [0.4, 0.5) is 0 Å². The molecule has 196 valence electrons. The molecule has 0 spiro atoms. The lowest BCUT2D eigenvalue weighted by Crippen LogP contribution is -2.34. The van der Waals surface area contributed by atoms with Crippen LogP contribution in [-0.2, 0) is 17.8 Å². The number of aromatic nitrogens is 2. The van der Waals surface area contributed by atoms with Crippen LogP contribution in [0.15, 0.2) is 22.7 Å². The summed E-state index contributed by atoms with van der Waals surface area (Å²) >= 11 is 1.69. The van der Waals surface area contributed by atoms with Crippen LogP contribution in [0.1, 0.15) is 42.3 Å². The summed E-state index contributed by atoms with van der Waals surface area (Å²) in [7, 11) is 0. The van der Waals surface area contributed by atoms with Gasteiger partial charge in [-0.1, -0.05) is 25.9 Å². The Kier molecular flexibility index (Phi) is 10.0. The maximum Gasteiger partial charge on any atom is 0.317 e. The molecule has 0 bridgehead atoms. The Morgan fingerprint density at radius 3 is 2.61 bits per heavy atom. The van der Waals surface area contributed by atoms with Crippen molar-refractivity contribution < 1.29 is 24.3 Å². The second kappa shape index (κ2) is 13.0. The SMILES string of the molecule is CCc1cc(-c2noc(-c3cc(C)c(CN(CC)CC)s3)n2)cc(C)c1OC[C@@H](O)CNCC(=O)O. The normalized spacial score (nSPS) is 12.3. The number of nitrogens with one attached hydrogen (secondary N) is 1. The van der Waals surface area contributed by atoms with Crippen molar-refractivity contribution in [2.75, 3.05) is 32.8 Å². The zero-order chi connectivity index (χ0) is 26.2. The van der Waals surface area contributed by atoms with Crippen molar-refractivity contribution in [2.45, 2.75) is 53.7 Å². The summed E-state index contributed by atoms with van der Waals surface area (Å²) in [4.78, 5) is 19.9. The van der Waals surface area contributed by atoms with Crippen LogP contribution in [0.2, 0.25) is 0 Å². The van der Waals surface area contributed by atoms with E-state index in [2.05, 4.69) is 47.2 Å². The van der Waals surface area contributed by atoms with Crippen LogP contribution in [0.5, 0.6) is 5.75 Å². The first-order valence-corrected chi connectivity index (χ1v) is 13.1. The molecule has 2 heterocycles. The van der Waals surface area contributed by atoms with E-state index in [-0.39, 0.29) is 19.7 Å². The number of carbonyl (C=O) groups is 1. The molecule has 0 aliphatic heterocycles. The van der Waals surface area contributed by atoms with Crippen LogP contribution in [0.25, 0.3) is 22.2 Å². The number of ether oxygens (including phenoxy) is 1. The average molecular weight is 517 g/mol. The van der Waals surface area contributed by atoms with Gasteiger partial charge >= 0.3 is 5.97 Å². The van der Waals surface area contributed by atoms with Gasteiger partial charge in [-0.05, 0) is 68.2 Å². The van der Waals surface area contributed by atoms with Crippen molar-refractivity contribution >= 4 is 17.3 Å². The Hall–Kier alpha value is -2.79. The first-order chi connectivity index (χ1) is 17.2. The molecule has 9 nitrogen and oxygen atoms in total. The summed E-state index contributed by atoms with van der Waals surface area (Å²) in [5, 5.41) is 25.7. The van der Waals surface area contributed by atoms with Gasteiger partial charge in [0.15, 0.2) is 0 Å². The van der Waals surface area contributed by atoms with Gasteiger partial charge in [0.1, 0.15) is 18.5 Å². The Bertz CT molecular complexity index is 1160. The fourth-order valence-corrected chi connectivity index (χ4v) is 5.04. The highest BCUT2D eigenvalue weighted by Crippen LogP contribution is 2.34. The second-order valence-corrected chi connectivity index (χ2v) is 9.86. The third kappa shape index (κ3) is 7.13.